The lowest BCUT2D eigenvalue weighted by atomic mass is 10.2. The number of halogens is 3. The van der Waals surface area contributed by atoms with Gasteiger partial charge in [-0.15, -0.1) is 0 Å². The van der Waals surface area contributed by atoms with Crippen LogP contribution in [0.25, 0.3) is 0 Å². The molecule has 0 aromatic heterocycles. The van der Waals surface area contributed by atoms with Gasteiger partial charge in [0.1, 0.15) is 5.70 Å². The molecule has 88 valence electrons. The first-order chi connectivity index (χ1) is 7.30. The molecule has 0 saturated carbocycles. The smallest absolute Gasteiger partial charge is 0.394 e. The summed E-state index contributed by atoms with van der Waals surface area (Å²) in [7, 11) is -1.88. The lowest BCUT2D eigenvalue weighted by Gasteiger charge is -2.05. The van der Waals surface area contributed by atoms with Crippen molar-refractivity contribution < 1.29 is 17.4 Å². The van der Waals surface area contributed by atoms with E-state index in [0.29, 0.717) is 5.41 Å². The van der Waals surface area contributed by atoms with E-state index in [1.54, 1.807) is 12.1 Å². The van der Waals surface area contributed by atoms with Gasteiger partial charge in [0.15, 0.2) is 0 Å². The molecular weight excluding hydrogens is 239 g/mol. The van der Waals surface area contributed by atoms with Crippen molar-refractivity contribution in [3.8, 4) is 0 Å². The van der Waals surface area contributed by atoms with Crippen molar-refractivity contribution in [2.24, 2.45) is 5.73 Å². The molecule has 1 rings (SSSR count). The number of alkyl halides is 3. The van der Waals surface area contributed by atoms with Gasteiger partial charge >= 0.3 is 6.18 Å². The van der Waals surface area contributed by atoms with Crippen molar-refractivity contribution in [1.29, 1.82) is 0 Å². The number of nitrogens with two attached hydrogens (primary N) is 1. The van der Waals surface area contributed by atoms with E-state index in [1.165, 1.54) is 12.1 Å². The quantitative estimate of drug-likeness (QED) is 0.875. The van der Waals surface area contributed by atoms with Crippen LogP contribution in [0.3, 0.4) is 0 Å². The molecule has 0 saturated heterocycles. The van der Waals surface area contributed by atoms with Gasteiger partial charge < -0.3 is 5.73 Å². The molecule has 0 aliphatic rings. The van der Waals surface area contributed by atoms with Crippen LogP contribution < -0.4 is 5.73 Å². The molecule has 1 atom stereocenters. The van der Waals surface area contributed by atoms with Crippen LogP contribution in [-0.4, -0.2) is 10.4 Å². The zero-order valence-electron chi connectivity index (χ0n) is 8.41. The lowest BCUT2D eigenvalue weighted by molar-refractivity contribution is -0.0924. The predicted molar refractivity (Wildman–Crippen MR) is 55.9 cm³/mol. The van der Waals surface area contributed by atoms with Gasteiger partial charge in [0.2, 0.25) is 0 Å². The Morgan fingerprint density at radius 2 is 1.81 bits per heavy atom. The largest absolute Gasteiger partial charge is 0.431 e. The van der Waals surface area contributed by atoms with Crippen LogP contribution >= 0.6 is 0 Å². The lowest BCUT2D eigenvalue weighted by Crippen LogP contribution is -2.19. The Labute approximate surface area is 93.4 Å². The highest BCUT2D eigenvalue weighted by Crippen LogP contribution is 2.22. The zero-order valence-corrected chi connectivity index (χ0v) is 9.23. The molecule has 6 heteroatoms. The van der Waals surface area contributed by atoms with E-state index in [1.807, 2.05) is 6.92 Å². The Balaban J connectivity index is 2.92. The van der Waals surface area contributed by atoms with Crippen molar-refractivity contribution in [3.05, 3.63) is 40.9 Å². The Morgan fingerprint density at radius 3 is 2.25 bits per heavy atom. The van der Waals surface area contributed by atoms with Crippen LogP contribution in [0.4, 0.5) is 13.2 Å². The number of hydrogen-bond acceptors (Lipinski definition) is 2. The Morgan fingerprint density at radius 1 is 1.31 bits per heavy atom. The molecule has 0 aliphatic heterocycles. The summed E-state index contributed by atoms with van der Waals surface area (Å²) in [4.78, 5) is 0.290. The molecule has 0 heterocycles. The van der Waals surface area contributed by atoms with Gasteiger partial charge in [-0.1, -0.05) is 17.7 Å². The maximum Gasteiger partial charge on any atom is 0.431 e. The second-order valence-corrected chi connectivity index (χ2v) is 4.48. The highest BCUT2D eigenvalue weighted by Gasteiger charge is 2.31. The first-order valence-electron chi connectivity index (χ1n) is 4.32. The minimum Gasteiger partial charge on any atom is -0.394 e. The fourth-order valence-corrected chi connectivity index (χ4v) is 1.83. The fraction of sp³-hybridized carbons (Fsp3) is 0.200. The van der Waals surface area contributed by atoms with Crippen molar-refractivity contribution in [3.63, 3.8) is 0 Å². The van der Waals surface area contributed by atoms with E-state index in [9.17, 15) is 17.4 Å². The van der Waals surface area contributed by atoms with E-state index in [-0.39, 0.29) is 4.90 Å². The number of benzene rings is 1. The first kappa shape index (κ1) is 12.8. The number of allylic oxidation sites excluding steroid dienone is 1. The minimum atomic E-state index is -4.64. The molecular formula is C10H10F3NOS. The molecule has 0 bridgehead atoms. The number of hydrogen-bond donors (Lipinski definition) is 1. The van der Waals surface area contributed by atoms with E-state index >= 15 is 0 Å². The monoisotopic (exact) mass is 249 g/mol. The Kier molecular flexibility index (Phi) is 3.74. The average molecular weight is 249 g/mol. The topological polar surface area (TPSA) is 43.1 Å². The van der Waals surface area contributed by atoms with Crippen molar-refractivity contribution in [2.45, 2.75) is 18.0 Å². The van der Waals surface area contributed by atoms with E-state index in [0.717, 1.165) is 5.56 Å². The van der Waals surface area contributed by atoms with Gasteiger partial charge in [0.05, 0.1) is 10.8 Å². The van der Waals surface area contributed by atoms with Crippen LogP contribution in [0.5, 0.6) is 0 Å². The molecule has 0 unspecified atom stereocenters. The number of aryl methyl sites for hydroxylation is 1. The molecule has 2 nitrogen and oxygen atoms in total. The van der Waals surface area contributed by atoms with Crippen molar-refractivity contribution in [2.75, 3.05) is 0 Å². The summed E-state index contributed by atoms with van der Waals surface area (Å²) in [6.45, 7) is 1.83. The van der Waals surface area contributed by atoms with Crippen LogP contribution in [0, 0.1) is 6.92 Å². The summed E-state index contributed by atoms with van der Waals surface area (Å²) in [5.41, 5.74) is 4.36. The fourth-order valence-electron chi connectivity index (χ4n) is 0.923. The SMILES string of the molecule is Cc1ccc([S@](=O)C=C(N)C(F)(F)F)cc1. The highest BCUT2D eigenvalue weighted by molar-refractivity contribution is 7.88. The summed E-state index contributed by atoms with van der Waals surface area (Å²) < 4.78 is 47.7. The first-order valence-corrected chi connectivity index (χ1v) is 5.54. The highest BCUT2D eigenvalue weighted by atomic mass is 32.2. The summed E-state index contributed by atoms with van der Waals surface area (Å²) in [6, 6.07) is 6.35. The van der Waals surface area contributed by atoms with Crippen LogP contribution in [0.15, 0.2) is 40.3 Å². The summed E-state index contributed by atoms with van der Waals surface area (Å²) >= 11 is 0. The van der Waals surface area contributed by atoms with Crippen LogP contribution in [-0.2, 0) is 10.8 Å². The van der Waals surface area contributed by atoms with E-state index < -0.39 is 22.7 Å². The normalized spacial score (nSPS) is 14.9. The van der Waals surface area contributed by atoms with Gasteiger partial charge in [0.25, 0.3) is 0 Å². The minimum absolute atomic E-state index is 0.290. The van der Waals surface area contributed by atoms with Gasteiger partial charge in [-0.2, -0.15) is 13.2 Å². The summed E-state index contributed by atoms with van der Waals surface area (Å²) in [5.74, 6) is 0. The third-order valence-corrected chi connectivity index (χ3v) is 3.02. The van der Waals surface area contributed by atoms with Crippen LogP contribution in [0.2, 0.25) is 0 Å². The van der Waals surface area contributed by atoms with Crippen LogP contribution in [0.1, 0.15) is 5.56 Å². The predicted octanol–water partition coefficient (Wildman–Crippen LogP) is 2.47. The average Bonchev–Trinajstić information content (AvgIpc) is 2.17. The van der Waals surface area contributed by atoms with E-state index in [2.05, 4.69) is 0 Å². The maximum absolute atomic E-state index is 12.1. The molecule has 0 amide bonds. The Bertz CT molecular complexity index is 423. The third kappa shape index (κ3) is 3.37. The third-order valence-electron chi connectivity index (χ3n) is 1.81. The van der Waals surface area contributed by atoms with Gasteiger partial charge in [-0.05, 0) is 19.1 Å². The molecule has 0 spiro atoms. The summed E-state index contributed by atoms with van der Waals surface area (Å²) in [6.07, 6.45) is -4.64. The Hall–Kier alpha value is -1.30. The molecule has 16 heavy (non-hydrogen) atoms. The van der Waals surface area contributed by atoms with Gasteiger partial charge in [-0.3, -0.25) is 0 Å². The zero-order chi connectivity index (χ0) is 12.3. The standard InChI is InChI=1S/C10H10F3NOS/c1-7-2-4-8(5-3-7)16(15)6-9(14)10(11,12)13/h2-6H,14H2,1H3/t16-/m1/s1. The van der Waals surface area contributed by atoms with Gasteiger partial charge in [-0.25, -0.2) is 4.21 Å². The van der Waals surface area contributed by atoms with Crippen molar-refractivity contribution >= 4 is 10.8 Å². The van der Waals surface area contributed by atoms with E-state index in [4.69, 9.17) is 5.73 Å². The maximum atomic E-state index is 12.1. The molecule has 1 aromatic carbocycles. The number of rotatable bonds is 2. The molecule has 0 fully saturated rings. The molecule has 1 aromatic rings. The van der Waals surface area contributed by atoms with Crippen molar-refractivity contribution in [1.82, 2.24) is 0 Å². The second kappa shape index (κ2) is 4.69. The second-order valence-electron chi connectivity index (χ2n) is 3.18. The summed E-state index contributed by atoms with van der Waals surface area (Å²) in [5, 5.41) is 0.505. The van der Waals surface area contributed by atoms with Gasteiger partial charge in [0, 0.05) is 10.3 Å². The molecule has 0 radical (unpaired) electrons. The molecule has 0 aliphatic carbocycles. The molecule has 2 N–H and O–H groups in total.